The number of nitrogens with zero attached hydrogens (tertiary/aromatic N) is 2. The van der Waals surface area contributed by atoms with Crippen LogP contribution in [0.25, 0.3) is 0 Å². The van der Waals surface area contributed by atoms with E-state index in [0.717, 1.165) is 36.3 Å². The standard InChI is InChI=1S/C20H23FN2O2/c1-25-14-20(24)23-10-4-6-16(13-23)19-9-3-8-18(22-19)12-15-5-2-7-17(21)11-15/h2-3,5,7-9,11,16H,4,6,10,12-14H2,1H3. The number of aromatic nitrogens is 1. The van der Waals surface area contributed by atoms with Crippen molar-refractivity contribution in [3.05, 3.63) is 65.2 Å². The number of hydrogen-bond acceptors (Lipinski definition) is 3. The molecule has 0 aliphatic carbocycles. The third kappa shape index (κ3) is 4.63. The summed E-state index contributed by atoms with van der Waals surface area (Å²) in [5.74, 6) is 0.0402. The maximum absolute atomic E-state index is 13.4. The molecule has 0 spiro atoms. The molecule has 132 valence electrons. The van der Waals surface area contributed by atoms with Crippen LogP contribution in [-0.4, -0.2) is 42.6 Å². The summed E-state index contributed by atoms with van der Waals surface area (Å²) in [5, 5.41) is 0. The highest BCUT2D eigenvalue weighted by Crippen LogP contribution is 2.26. The van der Waals surface area contributed by atoms with Gasteiger partial charge in [0.1, 0.15) is 12.4 Å². The van der Waals surface area contributed by atoms with Gasteiger partial charge in [-0.25, -0.2) is 4.39 Å². The molecule has 1 amide bonds. The summed E-state index contributed by atoms with van der Waals surface area (Å²) in [6.45, 7) is 1.58. The van der Waals surface area contributed by atoms with Gasteiger partial charge < -0.3 is 9.64 Å². The minimum Gasteiger partial charge on any atom is -0.375 e. The Kier molecular flexibility index (Phi) is 5.76. The van der Waals surface area contributed by atoms with Crippen molar-refractivity contribution in [1.29, 1.82) is 0 Å². The maximum atomic E-state index is 13.4. The number of piperidine rings is 1. The number of pyridine rings is 1. The molecule has 1 saturated heterocycles. The Morgan fingerprint density at radius 3 is 2.96 bits per heavy atom. The fourth-order valence-corrected chi connectivity index (χ4v) is 3.34. The normalized spacial score (nSPS) is 17.5. The van der Waals surface area contributed by atoms with Crippen LogP contribution in [-0.2, 0) is 16.0 Å². The van der Waals surface area contributed by atoms with E-state index in [2.05, 4.69) is 0 Å². The number of rotatable bonds is 5. The Bertz CT molecular complexity index is 735. The second kappa shape index (κ2) is 8.21. The zero-order chi connectivity index (χ0) is 17.6. The predicted octanol–water partition coefficient (Wildman–Crippen LogP) is 3.16. The van der Waals surface area contributed by atoms with Crippen LogP contribution in [0.4, 0.5) is 4.39 Å². The number of halogens is 1. The van der Waals surface area contributed by atoms with Crippen molar-refractivity contribution in [3.63, 3.8) is 0 Å². The fourth-order valence-electron chi connectivity index (χ4n) is 3.34. The lowest BCUT2D eigenvalue weighted by Crippen LogP contribution is -2.41. The van der Waals surface area contributed by atoms with E-state index in [-0.39, 0.29) is 24.2 Å². The molecule has 25 heavy (non-hydrogen) atoms. The number of carbonyl (C=O) groups excluding carboxylic acids is 1. The molecule has 1 fully saturated rings. The van der Waals surface area contributed by atoms with Crippen LogP contribution in [0.15, 0.2) is 42.5 Å². The third-order valence-electron chi connectivity index (χ3n) is 4.56. The van der Waals surface area contributed by atoms with Crippen LogP contribution in [0.3, 0.4) is 0 Å². The van der Waals surface area contributed by atoms with Crippen LogP contribution in [0, 0.1) is 5.82 Å². The first-order valence-electron chi connectivity index (χ1n) is 8.62. The van der Waals surface area contributed by atoms with Gasteiger partial charge in [0.15, 0.2) is 0 Å². The number of amides is 1. The van der Waals surface area contributed by atoms with Gasteiger partial charge in [-0.1, -0.05) is 18.2 Å². The predicted molar refractivity (Wildman–Crippen MR) is 93.9 cm³/mol. The number of ether oxygens (including phenoxy) is 1. The Balaban J connectivity index is 1.71. The molecule has 1 aromatic heterocycles. The fraction of sp³-hybridized carbons (Fsp3) is 0.400. The molecular formula is C20H23FN2O2. The molecule has 4 nitrogen and oxygen atoms in total. The molecule has 0 radical (unpaired) electrons. The van der Waals surface area contributed by atoms with E-state index in [1.165, 1.54) is 13.2 Å². The van der Waals surface area contributed by atoms with Gasteiger partial charge in [0.25, 0.3) is 0 Å². The van der Waals surface area contributed by atoms with Crippen molar-refractivity contribution in [2.45, 2.75) is 25.2 Å². The number of methoxy groups -OCH3 is 1. The first-order chi connectivity index (χ1) is 12.2. The monoisotopic (exact) mass is 342 g/mol. The van der Waals surface area contributed by atoms with Gasteiger partial charge in [0, 0.05) is 43.9 Å². The molecule has 3 rings (SSSR count). The number of carbonyl (C=O) groups is 1. The second-order valence-electron chi connectivity index (χ2n) is 6.47. The first kappa shape index (κ1) is 17.5. The van der Waals surface area contributed by atoms with Gasteiger partial charge in [-0.05, 0) is 42.7 Å². The van der Waals surface area contributed by atoms with Crippen molar-refractivity contribution in [3.8, 4) is 0 Å². The van der Waals surface area contributed by atoms with Crippen molar-refractivity contribution < 1.29 is 13.9 Å². The molecule has 5 heteroatoms. The lowest BCUT2D eigenvalue weighted by Gasteiger charge is -2.32. The number of hydrogen-bond donors (Lipinski definition) is 0. The topological polar surface area (TPSA) is 42.4 Å². The highest BCUT2D eigenvalue weighted by molar-refractivity contribution is 5.77. The van der Waals surface area contributed by atoms with Crippen LogP contribution in [0.2, 0.25) is 0 Å². The van der Waals surface area contributed by atoms with E-state index >= 15 is 0 Å². The van der Waals surface area contributed by atoms with Crippen LogP contribution >= 0.6 is 0 Å². The van der Waals surface area contributed by atoms with E-state index in [4.69, 9.17) is 9.72 Å². The lowest BCUT2D eigenvalue weighted by molar-refractivity contribution is -0.136. The molecule has 0 saturated carbocycles. The first-order valence-corrected chi connectivity index (χ1v) is 8.62. The van der Waals surface area contributed by atoms with Crippen molar-refractivity contribution >= 4 is 5.91 Å². The smallest absolute Gasteiger partial charge is 0.248 e. The molecule has 2 aromatic rings. The second-order valence-corrected chi connectivity index (χ2v) is 6.47. The molecule has 1 aliphatic heterocycles. The number of benzene rings is 1. The van der Waals surface area contributed by atoms with E-state index in [9.17, 15) is 9.18 Å². The van der Waals surface area contributed by atoms with Gasteiger partial charge >= 0.3 is 0 Å². The van der Waals surface area contributed by atoms with E-state index in [1.807, 2.05) is 29.2 Å². The van der Waals surface area contributed by atoms with Crippen molar-refractivity contribution in [2.24, 2.45) is 0 Å². The highest BCUT2D eigenvalue weighted by Gasteiger charge is 2.25. The molecular weight excluding hydrogens is 319 g/mol. The minimum absolute atomic E-state index is 0.0307. The van der Waals surface area contributed by atoms with Crippen molar-refractivity contribution in [2.75, 3.05) is 26.8 Å². The van der Waals surface area contributed by atoms with Gasteiger partial charge in [-0.2, -0.15) is 0 Å². The molecule has 1 aromatic carbocycles. The quantitative estimate of drug-likeness (QED) is 0.838. The summed E-state index contributed by atoms with van der Waals surface area (Å²) in [6, 6.07) is 12.6. The highest BCUT2D eigenvalue weighted by atomic mass is 19.1. The maximum Gasteiger partial charge on any atom is 0.248 e. The largest absolute Gasteiger partial charge is 0.375 e. The van der Waals surface area contributed by atoms with E-state index < -0.39 is 0 Å². The molecule has 2 heterocycles. The van der Waals surface area contributed by atoms with Gasteiger partial charge in [0.2, 0.25) is 5.91 Å². The number of likely N-dealkylation sites (tertiary alicyclic amines) is 1. The summed E-state index contributed by atoms with van der Waals surface area (Å²) in [4.78, 5) is 18.7. The lowest BCUT2D eigenvalue weighted by atomic mass is 9.94. The van der Waals surface area contributed by atoms with Gasteiger partial charge in [-0.3, -0.25) is 9.78 Å². The Morgan fingerprint density at radius 1 is 1.32 bits per heavy atom. The molecule has 0 N–H and O–H groups in total. The van der Waals surface area contributed by atoms with Gasteiger partial charge in [0.05, 0.1) is 0 Å². The van der Waals surface area contributed by atoms with Crippen LogP contribution in [0.5, 0.6) is 0 Å². The van der Waals surface area contributed by atoms with Crippen molar-refractivity contribution in [1.82, 2.24) is 9.88 Å². The Labute approximate surface area is 147 Å². The summed E-state index contributed by atoms with van der Waals surface area (Å²) in [5.41, 5.74) is 2.83. The van der Waals surface area contributed by atoms with E-state index in [0.29, 0.717) is 13.0 Å². The Hall–Kier alpha value is -2.27. The summed E-state index contributed by atoms with van der Waals surface area (Å²) >= 11 is 0. The SMILES string of the molecule is COCC(=O)N1CCCC(c2cccc(Cc3cccc(F)c3)n2)C1. The summed E-state index contributed by atoms with van der Waals surface area (Å²) < 4.78 is 18.3. The summed E-state index contributed by atoms with van der Waals surface area (Å²) in [6.07, 6.45) is 2.59. The van der Waals surface area contributed by atoms with Gasteiger partial charge in [-0.15, -0.1) is 0 Å². The molecule has 0 bridgehead atoms. The Morgan fingerprint density at radius 2 is 2.16 bits per heavy atom. The zero-order valence-corrected chi connectivity index (χ0v) is 14.5. The van der Waals surface area contributed by atoms with Crippen LogP contribution < -0.4 is 0 Å². The average Bonchev–Trinajstić information content (AvgIpc) is 2.62. The average molecular weight is 342 g/mol. The zero-order valence-electron chi connectivity index (χ0n) is 14.5. The molecule has 1 aliphatic rings. The molecule has 1 unspecified atom stereocenters. The van der Waals surface area contributed by atoms with E-state index in [1.54, 1.807) is 12.1 Å². The third-order valence-corrected chi connectivity index (χ3v) is 4.56. The minimum atomic E-state index is -0.228. The summed E-state index contributed by atoms with van der Waals surface area (Å²) in [7, 11) is 1.54. The molecule has 1 atom stereocenters. The van der Waals surface area contributed by atoms with Crippen LogP contribution in [0.1, 0.15) is 35.7 Å².